The predicted molar refractivity (Wildman–Crippen MR) is 139 cm³/mol. The first-order valence-electron chi connectivity index (χ1n) is 11.5. The van der Waals surface area contributed by atoms with Crippen LogP contribution in [0.25, 0.3) is 5.57 Å². The summed E-state index contributed by atoms with van der Waals surface area (Å²) in [4.78, 5) is 16.7. The number of hydrogen-bond donors (Lipinski definition) is 1. The van der Waals surface area contributed by atoms with Crippen molar-refractivity contribution in [1.29, 1.82) is 5.26 Å². The van der Waals surface area contributed by atoms with Crippen LogP contribution < -0.4 is 10.6 Å². The van der Waals surface area contributed by atoms with Gasteiger partial charge in [0.25, 0.3) is 0 Å². The van der Waals surface area contributed by atoms with Gasteiger partial charge in [0.05, 0.1) is 11.5 Å². The van der Waals surface area contributed by atoms with Crippen molar-refractivity contribution in [2.24, 2.45) is 11.1 Å². The number of anilines is 1. The van der Waals surface area contributed by atoms with E-state index in [1.165, 1.54) is 0 Å². The van der Waals surface area contributed by atoms with Crippen molar-refractivity contribution in [3.05, 3.63) is 81.9 Å². The average molecular weight is 495 g/mol. The maximum absolute atomic E-state index is 13.1. The molecule has 1 saturated heterocycles. The summed E-state index contributed by atoms with van der Waals surface area (Å²) in [6.07, 6.45) is 7.68. The third-order valence-corrected chi connectivity index (χ3v) is 6.93. The van der Waals surface area contributed by atoms with Gasteiger partial charge in [-0.05, 0) is 61.2 Å². The molecule has 2 aromatic carbocycles. The number of rotatable bonds is 7. The Labute approximate surface area is 211 Å². The summed E-state index contributed by atoms with van der Waals surface area (Å²) < 4.78 is 0. The number of halogens is 2. The zero-order chi connectivity index (χ0) is 24.3. The maximum Gasteiger partial charge on any atom is 0.324 e. The molecule has 0 aromatic heterocycles. The lowest BCUT2D eigenvalue weighted by Crippen LogP contribution is -2.35. The van der Waals surface area contributed by atoms with Gasteiger partial charge in [-0.2, -0.15) is 5.26 Å². The number of urea groups is 1. The van der Waals surface area contributed by atoms with Gasteiger partial charge >= 0.3 is 6.03 Å². The minimum atomic E-state index is -0.472. The molecule has 0 saturated carbocycles. The van der Waals surface area contributed by atoms with Gasteiger partial charge in [0.15, 0.2) is 0 Å². The van der Waals surface area contributed by atoms with Crippen molar-refractivity contribution in [3.63, 3.8) is 0 Å². The van der Waals surface area contributed by atoms with Gasteiger partial charge in [0.1, 0.15) is 0 Å². The Hall–Kier alpha value is -2.78. The standard InChI is InChI=1S/C27H28Cl2N4O/c1-27(18-31)9-2-3-21(16-27)19-4-6-20(7-5-19)22(8-10-30)17-32-11-12-33(26(32)34)25-14-23(28)13-24(29)15-25/h2-7,13-16,22H,8-12,17,30H2,1H3. The van der Waals surface area contributed by atoms with E-state index in [2.05, 4.69) is 42.5 Å². The summed E-state index contributed by atoms with van der Waals surface area (Å²) in [7, 11) is 0. The lowest BCUT2D eigenvalue weighted by molar-refractivity contribution is 0.217. The van der Waals surface area contributed by atoms with E-state index in [0.717, 1.165) is 29.5 Å². The van der Waals surface area contributed by atoms with Gasteiger partial charge in [-0.3, -0.25) is 4.90 Å². The number of amides is 2. The van der Waals surface area contributed by atoms with Crippen molar-refractivity contribution in [1.82, 2.24) is 4.90 Å². The normalized spacial score (nSPS) is 20.9. The van der Waals surface area contributed by atoms with Crippen molar-refractivity contribution < 1.29 is 4.79 Å². The number of nitriles is 1. The van der Waals surface area contributed by atoms with E-state index < -0.39 is 5.41 Å². The van der Waals surface area contributed by atoms with Gasteiger partial charge < -0.3 is 10.6 Å². The lowest BCUT2D eigenvalue weighted by Gasteiger charge is -2.25. The molecule has 4 rings (SSSR count). The van der Waals surface area contributed by atoms with E-state index in [0.29, 0.717) is 41.9 Å². The Kier molecular flexibility index (Phi) is 7.33. The largest absolute Gasteiger partial charge is 0.330 e. The zero-order valence-corrected chi connectivity index (χ0v) is 20.7. The van der Waals surface area contributed by atoms with Gasteiger partial charge in [0.2, 0.25) is 0 Å². The van der Waals surface area contributed by atoms with E-state index in [-0.39, 0.29) is 11.9 Å². The quantitative estimate of drug-likeness (QED) is 0.494. The van der Waals surface area contributed by atoms with Crippen molar-refractivity contribution in [2.75, 3.05) is 31.1 Å². The Morgan fingerprint density at radius 1 is 1.15 bits per heavy atom. The van der Waals surface area contributed by atoms with Crippen LogP contribution in [-0.2, 0) is 0 Å². The van der Waals surface area contributed by atoms with Crippen LogP contribution in [0.3, 0.4) is 0 Å². The molecule has 1 fully saturated rings. The Balaban J connectivity index is 1.49. The number of allylic oxidation sites excluding steroid dienone is 4. The molecule has 34 heavy (non-hydrogen) atoms. The first-order valence-corrected chi connectivity index (χ1v) is 12.2. The number of benzene rings is 2. The molecule has 2 aliphatic rings. The average Bonchev–Trinajstić information content (AvgIpc) is 3.18. The van der Waals surface area contributed by atoms with Gasteiger partial charge in [-0.1, -0.05) is 65.7 Å². The molecule has 1 aliphatic carbocycles. The van der Waals surface area contributed by atoms with Crippen LogP contribution in [0.4, 0.5) is 10.5 Å². The highest BCUT2D eigenvalue weighted by atomic mass is 35.5. The fourth-order valence-corrected chi connectivity index (χ4v) is 5.12. The molecule has 0 spiro atoms. The highest BCUT2D eigenvalue weighted by Gasteiger charge is 2.32. The Morgan fingerprint density at radius 2 is 1.85 bits per heavy atom. The molecule has 0 radical (unpaired) electrons. The highest BCUT2D eigenvalue weighted by molar-refractivity contribution is 6.35. The number of hydrogen-bond acceptors (Lipinski definition) is 3. The molecule has 5 nitrogen and oxygen atoms in total. The summed E-state index contributed by atoms with van der Waals surface area (Å²) in [6.45, 7) is 4.30. The molecule has 2 N–H and O–H groups in total. The van der Waals surface area contributed by atoms with Crippen LogP contribution in [0.1, 0.15) is 36.8 Å². The van der Waals surface area contributed by atoms with Crippen LogP contribution in [0.2, 0.25) is 10.0 Å². The second-order valence-corrected chi connectivity index (χ2v) is 10.0. The minimum absolute atomic E-state index is 0.0507. The number of nitrogens with two attached hydrogens (primary N) is 1. The van der Waals surface area contributed by atoms with Crippen molar-refractivity contribution >= 4 is 40.5 Å². The predicted octanol–water partition coefficient (Wildman–Crippen LogP) is 6.24. The number of carbonyl (C=O) groups is 1. The molecular weight excluding hydrogens is 467 g/mol. The molecule has 2 atom stereocenters. The monoisotopic (exact) mass is 494 g/mol. The highest BCUT2D eigenvalue weighted by Crippen LogP contribution is 2.34. The number of carbonyl (C=O) groups excluding carboxylic acids is 1. The molecule has 2 aromatic rings. The van der Waals surface area contributed by atoms with E-state index in [1.54, 1.807) is 23.1 Å². The summed E-state index contributed by atoms with van der Waals surface area (Å²) in [5.41, 5.74) is 9.45. The van der Waals surface area contributed by atoms with Gasteiger partial charge in [0, 0.05) is 41.3 Å². The van der Waals surface area contributed by atoms with Crippen LogP contribution >= 0.6 is 23.2 Å². The van der Waals surface area contributed by atoms with E-state index in [9.17, 15) is 10.1 Å². The molecule has 2 unspecified atom stereocenters. The first kappa shape index (κ1) is 24.3. The first-order chi connectivity index (χ1) is 16.3. The minimum Gasteiger partial charge on any atom is -0.330 e. The summed E-state index contributed by atoms with van der Waals surface area (Å²) >= 11 is 12.3. The number of nitrogens with zero attached hydrogens (tertiary/aromatic N) is 3. The molecule has 1 aliphatic heterocycles. The van der Waals surface area contributed by atoms with Crippen LogP contribution in [0, 0.1) is 16.7 Å². The summed E-state index contributed by atoms with van der Waals surface area (Å²) in [5.74, 6) is 0.131. The maximum atomic E-state index is 13.1. The zero-order valence-electron chi connectivity index (χ0n) is 19.2. The summed E-state index contributed by atoms with van der Waals surface area (Å²) in [5, 5.41) is 10.5. The molecular formula is C27H28Cl2N4O. The Bertz CT molecular complexity index is 1150. The second-order valence-electron chi connectivity index (χ2n) is 9.14. The van der Waals surface area contributed by atoms with E-state index in [4.69, 9.17) is 28.9 Å². The second kappa shape index (κ2) is 10.2. The molecule has 1 heterocycles. The van der Waals surface area contributed by atoms with Crippen LogP contribution in [0.5, 0.6) is 0 Å². The molecule has 0 bridgehead atoms. The fraction of sp³-hybridized carbons (Fsp3) is 0.333. The Morgan fingerprint density at radius 3 is 2.50 bits per heavy atom. The van der Waals surface area contributed by atoms with E-state index in [1.807, 2.05) is 17.9 Å². The van der Waals surface area contributed by atoms with Crippen molar-refractivity contribution in [2.45, 2.75) is 25.7 Å². The topological polar surface area (TPSA) is 73.4 Å². The molecule has 176 valence electrons. The third-order valence-electron chi connectivity index (χ3n) is 6.49. The van der Waals surface area contributed by atoms with Crippen molar-refractivity contribution in [3.8, 4) is 6.07 Å². The smallest absolute Gasteiger partial charge is 0.324 e. The van der Waals surface area contributed by atoms with E-state index >= 15 is 0 Å². The lowest BCUT2D eigenvalue weighted by atomic mass is 9.81. The van der Waals surface area contributed by atoms with Gasteiger partial charge in [-0.15, -0.1) is 0 Å². The van der Waals surface area contributed by atoms with Crippen LogP contribution in [-0.4, -0.2) is 37.1 Å². The van der Waals surface area contributed by atoms with Gasteiger partial charge in [-0.25, -0.2) is 4.79 Å². The molecule has 7 heteroatoms. The van der Waals surface area contributed by atoms with Crippen LogP contribution in [0.15, 0.2) is 60.7 Å². The summed E-state index contributed by atoms with van der Waals surface area (Å²) in [6, 6.07) is 15.9. The fourth-order valence-electron chi connectivity index (χ4n) is 4.60. The SMILES string of the molecule is CC1(C#N)C=C(c2ccc(C(CCN)CN3CCN(c4cc(Cl)cc(Cl)c4)C3=O)cc2)C=CC1. The molecule has 2 amide bonds. The third kappa shape index (κ3) is 5.31.